The first-order chi connectivity index (χ1) is 10.0. The van der Waals surface area contributed by atoms with Gasteiger partial charge in [-0.2, -0.15) is 0 Å². The summed E-state index contributed by atoms with van der Waals surface area (Å²) in [4.78, 5) is 13.7. The van der Waals surface area contributed by atoms with Gasteiger partial charge in [0.05, 0.1) is 11.9 Å². The Labute approximate surface area is 127 Å². The van der Waals surface area contributed by atoms with Crippen LogP contribution in [0.2, 0.25) is 10.2 Å². The van der Waals surface area contributed by atoms with Crippen LogP contribution >= 0.6 is 23.2 Å². The van der Waals surface area contributed by atoms with Crippen molar-refractivity contribution >= 4 is 23.2 Å². The summed E-state index contributed by atoms with van der Waals surface area (Å²) in [5.41, 5.74) is 0.604. The molecule has 5 nitrogen and oxygen atoms in total. The molecule has 3 rings (SSSR count). The lowest BCUT2D eigenvalue weighted by Crippen LogP contribution is -2.06. The van der Waals surface area contributed by atoms with Gasteiger partial charge in [0, 0.05) is 28.4 Å². The normalized spacial score (nSPS) is 10.8. The minimum absolute atomic E-state index is 0.114. The van der Waals surface area contributed by atoms with Gasteiger partial charge in [-0.15, -0.1) is 5.10 Å². The number of aromatic nitrogens is 4. The van der Waals surface area contributed by atoms with Crippen LogP contribution in [0.15, 0.2) is 41.5 Å². The molecule has 21 heavy (non-hydrogen) atoms. The molecular formula is C13H7Cl2FN4O. The summed E-state index contributed by atoms with van der Waals surface area (Å²) in [6.45, 7) is 0. The van der Waals surface area contributed by atoms with Crippen molar-refractivity contribution in [2.75, 3.05) is 0 Å². The minimum atomic E-state index is -0.579. The molecule has 106 valence electrons. The van der Waals surface area contributed by atoms with Gasteiger partial charge in [-0.1, -0.05) is 28.4 Å². The first kappa shape index (κ1) is 13.8. The van der Waals surface area contributed by atoms with Crippen LogP contribution in [0.1, 0.15) is 0 Å². The Balaban J connectivity index is 2.28. The van der Waals surface area contributed by atoms with Crippen LogP contribution < -0.4 is 5.56 Å². The number of halogens is 3. The van der Waals surface area contributed by atoms with E-state index in [2.05, 4.69) is 15.3 Å². The van der Waals surface area contributed by atoms with E-state index < -0.39 is 11.4 Å². The zero-order valence-corrected chi connectivity index (χ0v) is 11.9. The molecule has 1 aromatic carbocycles. The quantitative estimate of drug-likeness (QED) is 0.787. The van der Waals surface area contributed by atoms with E-state index in [1.54, 1.807) is 18.2 Å². The maximum absolute atomic E-state index is 14.0. The van der Waals surface area contributed by atoms with Crippen molar-refractivity contribution in [2.45, 2.75) is 0 Å². The topological polar surface area (TPSA) is 63.6 Å². The largest absolute Gasteiger partial charge is 0.326 e. The van der Waals surface area contributed by atoms with Crippen LogP contribution in [0.4, 0.5) is 4.39 Å². The molecule has 2 heterocycles. The molecule has 0 atom stereocenters. The van der Waals surface area contributed by atoms with Crippen molar-refractivity contribution in [3.63, 3.8) is 0 Å². The lowest BCUT2D eigenvalue weighted by Gasteiger charge is -2.10. The third-order valence-electron chi connectivity index (χ3n) is 2.83. The summed E-state index contributed by atoms with van der Waals surface area (Å²) >= 11 is 11.7. The fourth-order valence-electron chi connectivity index (χ4n) is 1.95. The second kappa shape index (κ2) is 5.31. The Kier molecular flexibility index (Phi) is 3.48. The first-order valence-electron chi connectivity index (χ1n) is 5.81. The van der Waals surface area contributed by atoms with Crippen molar-refractivity contribution in [3.05, 3.63) is 63.0 Å². The molecule has 0 unspecified atom stereocenters. The number of nitrogens with one attached hydrogen (secondary N) is 1. The number of rotatable bonds is 2. The van der Waals surface area contributed by atoms with Crippen molar-refractivity contribution in [1.82, 2.24) is 20.0 Å². The molecule has 0 fully saturated rings. The summed E-state index contributed by atoms with van der Waals surface area (Å²) in [5, 5.41) is 8.11. The van der Waals surface area contributed by atoms with E-state index in [0.717, 1.165) is 12.3 Å². The summed E-state index contributed by atoms with van der Waals surface area (Å²) in [6.07, 6.45) is 2.47. The number of hydrogen-bond donors (Lipinski definition) is 1. The van der Waals surface area contributed by atoms with Crippen molar-refractivity contribution < 1.29 is 4.39 Å². The second-order valence-electron chi connectivity index (χ2n) is 4.21. The van der Waals surface area contributed by atoms with Crippen LogP contribution in [-0.2, 0) is 0 Å². The summed E-state index contributed by atoms with van der Waals surface area (Å²) in [6, 6.07) is 5.97. The molecule has 2 aromatic heterocycles. The first-order valence-corrected chi connectivity index (χ1v) is 6.56. The lowest BCUT2D eigenvalue weighted by atomic mass is 10.0. The summed E-state index contributed by atoms with van der Waals surface area (Å²) < 4.78 is 15.4. The third-order valence-corrected chi connectivity index (χ3v) is 3.24. The van der Waals surface area contributed by atoms with Crippen LogP contribution in [0.3, 0.4) is 0 Å². The maximum Gasteiger partial charge on any atom is 0.248 e. The van der Waals surface area contributed by atoms with Gasteiger partial charge in [0.25, 0.3) is 0 Å². The molecular weight excluding hydrogens is 318 g/mol. The van der Waals surface area contributed by atoms with Gasteiger partial charge in [0.2, 0.25) is 5.56 Å². The predicted octanol–water partition coefficient (Wildman–Crippen LogP) is 3.07. The van der Waals surface area contributed by atoms with Gasteiger partial charge in [0.1, 0.15) is 5.82 Å². The van der Waals surface area contributed by atoms with Crippen LogP contribution in [0.25, 0.3) is 16.8 Å². The number of H-pyrrole nitrogens is 1. The van der Waals surface area contributed by atoms with Crippen LogP contribution in [-0.4, -0.2) is 20.0 Å². The summed E-state index contributed by atoms with van der Waals surface area (Å²) in [5.74, 6) is -0.579. The van der Waals surface area contributed by atoms with Gasteiger partial charge < -0.3 is 4.98 Å². The average Bonchev–Trinajstić information content (AvgIpc) is 2.88. The van der Waals surface area contributed by atoms with E-state index in [4.69, 9.17) is 23.2 Å². The molecule has 0 radical (unpaired) electrons. The van der Waals surface area contributed by atoms with Gasteiger partial charge in [-0.05, 0) is 18.2 Å². The molecule has 0 spiro atoms. The van der Waals surface area contributed by atoms with Crippen molar-refractivity contribution in [2.24, 2.45) is 0 Å². The SMILES string of the molecule is O=c1cc(-c2cc(Cl)ccc2-n2cc(Cl)nn2)c(F)c[nH]1. The van der Waals surface area contributed by atoms with Gasteiger partial charge in [0.15, 0.2) is 5.15 Å². The molecule has 0 aliphatic heterocycles. The molecule has 3 aromatic rings. The number of benzene rings is 1. The Morgan fingerprint density at radius 2 is 2.00 bits per heavy atom. The highest BCUT2D eigenvalue weighted by molar-refractivity contribution is 6.31. The van der Waals surface area contributed by atoms with E-state index >= 15 is 0 Å². The van der Waals surface area contributed by atoms with Crippen LogP contribution in [0.5, 0.6) is 0 Å². The third kappa shape index (κ3) is 2.68. The van der Waals surface area contributed by atoms with E-state index in [1.165, 1.54) is 10.9 Å². The zero-order chi connectivity index (χ0) is 15.0. The van der Waals surface area contributed by atoms with E-state index in [1.807, 2.05) is 0 Å². The predicted molar refractivity (Wildman–Crippen MR) is 77.4 cm³/mol. The molecule has 1 N–H and O–H groups in total. The number of nitrogens with zero attached hydrogens (tertiary/aromatic N) is 3. The Morgan fingerprint density at radius 1 is 1.19 bits per heavy atom. The van der Waals surface area contributed by atoms with Crippen LogP contribution in [0, 0.1) is 5.82 Å². The fraction of sp³-hybridized carbons (Fsp3) is 0. The highest BCUT2D eigenvalue weighted by Gasteiger charge is 2.14. The van der Waals surface area contributed by atoms with E-state index in [0.29, 0.717) is 16.3 Å². The van der Waals surface area contributed by atoms with Crippen molar-refractivity contribution in [1.29, 1.82) is 0 Å². The molecule has 0 aliphatic rings. The van der Waals surface area contributed by atoms with E-state index in [-0.39, 0.29) is 10.7 Å². The van der Waals surface area contributed by atoms with Crippen molar-refractivity contribution in [3.8, 4) is 16.8 Å². The Hall–Kier alpha value is -2.18. The lowest BCUT2D eigenvalue weighted by molar-refractivity contribution is 0.623. The fourth-order valence-corrected chi connectivity index (χ4v) is 2.24. The average molecular weight is 325 g/mol. The minimum Gasteiger partial charge on any atom is -0.326 e. The van der Waals surface area contributed by atoms with Gasteiger partial charge in [-0.25, -0.2) is 9.07 Å². The Morgan fingerprint density at radius 3 is 2.71 bits per heavy atom. The molecule has 0 bridgehead atoms. The van der Waals surface area contributed by atoms with Gasteiger partial charge >= 0.3 is 0 Å². The number of aromatic amines is 1. The smallest absolute Gasteiger partial charge is 0.248 e. The van der Waals surface area contributed by atoms with E-state index in [9.17, 15) is 9.18 Å². The molecule has 8 heteroatoms. The summed E-state index contributed by atoms with van der Waals surface area (Å²) in [7, 11) is 0. The molecule has 0 aliphatic carbocycles. The number of hydrogen-bond acceptors (Lipinski definition) is 3. The molecule has 0 saturated carbocycles. The maximum atomic E-state index is 14.0. The standard InChI is InChI=1S/C13H7Cl2FN4O/c14-7-1-2-11(20-6-12(15)18-19-20)9(3-7)8-4-13(21)17-5-10(8)16/h1-6H,(H,17,21). The molecule has 0 saturated heterocycles. The number of pyridine rings is 1. The second-order valence-corrected chi connectivity index (χ2v) is 5.03. The monoisotopic (exact) mass is 324 g/mol. The zero-order valence-electron chi connectivity index (χ0n) is 10.3. The van der Waals surface area contributed by atoms with Gasteiger partial charge in [-0.3, -0.25) is 4.79 Å². The Bertz CT molecular complexity index is 875. The molecule has 0 amide bonds. The highest BCUT2D eigenvalue weighted by atomic mass is 35.5. The highest BCUT2D eigenvalue weighted by Crippen LogP contribution is 2.30.